The summed E-state index contributed by atoms with van der Waals surface area (Å²) in [6.07, 6.45) is 7.75. The molecule has 0 atom stereocenters. The fourth-order valence-electron chi connectivity index (χ4n) is 1.47. The highest BCUT2D eigenvalue weighted by Gasteiger charge is 2.19. The number of aromatic nitrogens is 2. The predicted molar refractivity (Wildman–Crippen MR) is 52.5 cm³/mol. The highest BCUT2D eigenvalue weighted by molar-refractivity contribution is 4.97. The van der Waals surface area contributed by atoms with Crippen molar-refractivity contribution in [1.29, 1.82) is 0 Å². The van der Waals surface area contributed by atoms with Crippen molar-refractivity contribution in [3.8, 4) is 0 Å². The summed E-state index contributed by atoms with van der Waals surface area (Å²) in [4.78, 5) is 4.08. The fourth-order valence-corrected chi connectivity index (χ4v) is 1.47. The van der Waals surface area contributed by atoms with Crippen LogP contribution >= 0.6 is 0 Å². The van der Waals surface area contributed by atoms with Crippen LogP contribution in [0.15, 0.2) is 12.5 Å². The standard InChI is InChI=1S/C10H17N3/c1-13-8-12-7-10(13)4-5-11-6-9-2-3-9/h7-9,11H,2-6H2,1H3. The Hall–Kier alpha value is -0.830. The van der Waals surface area contributed by atoms with Gasteiger partial charge in [-0.3, -0.25) is 0 Å². The molecule has 1 saturated carbocycles. The number of hydrogen-bond acceptors (Lipinski definition) is 2. The van der Waals surface area contributed by atoms with Crippen LogP contribution in [0.3, 0.4) is 0 Å². The molecule has 2 rings (SSSR count). The van der Waals surface area contributed by atoms with E-state index >= 15 is 0 Å². The molecule has 0 bridgehead atoms. The molecule has 0 spiro atoms. The largest absolute Gasteiger partial charge is 0.338 e. The molecule has 1 aliphatic carbocycles. The molecule has 1 N–H and O–H groups in total. The third kappa shape index (κ3) is 2.56. The van der Waals surface area contributed by atoms with Gasteiger partial charge in [0.1, 0.15) is 0 Å². The van der Waals surface area contributed by atoms with E-state index in [1.165, 1.54) is 25.1 Å². The summed E-state index contributed by atoms with van der Waals surface area (Å²) in [5.41, 5.74) is 1.31. The van der Waals surface area contributed by atoms with Gasteiger partial charge in [0.05, 0.1) is 6.33 Å². The maximum absolute atomic E-state index is 4.08. The van der Waals surface area contributed by atoms with Crippen LogP contribution in [0.25, 0.3) is 0 Å². The quantitative estimate of drug-likeness (QED) is 0.682. The maximum Gasteiger partial charge on any atom is 0.0945 e. The molecule has 1 fully saturated rings. The number of imidazole rings is 1. The molecule has 1 aromatic heterocycles. The molecule has 1 aromatic rings. The van der Waals surface area contributed by atoms with E-state index in [-0.39, 0.29) is 0 Å². The molecule has 1 aliphatic rings. The molecule has 1 heterocycles. The van der Waals surface area contributed by atoms with Crippen molar-refractivity contribution < 1.29 is 0 Å². The van der Waals surface area contributed by atoms with Gasteiger partial charge < -0.3 is 9.88 Å². The summed E-state index contributed by atoms with van der Waals surface area (Å²) in [5, 5.41) is 3.47. The second-order valence-corrected chi connectivity index (χ2v) is 3.89. The van der Waals surface area contributed by atoms with Gasteiger partial charge >= 0.3 is 0 Å². The average Bonchev–Trinajstić information content (AvgIpc) is 2.86. The van der Waals surface area contributed by atoms with Crippen LogP contribution < -0.4 is 5.32 Å². The Morgan fingerprint density at radius 3 is 3.08 bits per heavy atom. The first-order chi connectivity index (χ1) is 6.36. The topological polar surface area (TPSA) is 29.9 Å². The first-order valence-corrected chi connectivity index (χ1v) is 5.02. The van der Waals surface area contributed by atoms with E-state index < -0.39 is 0 Å². The first kappa shape index (κ1) is 8.75. The zero-order chi connectivity index (χ0) is 9.10. The van der Waals surface area contributed by atoms with Gasteiger partial charge in [-0.1, -0.05) is 0 Å². The van der Waals surface area contributed by atoms with E-state index in [4.69, 9.17) is 0 Å². The second-order valence-electron chi connectivity index (χ2n) is 3.89. The fraction of sp³-hybridized carbons (Fsp3) is 0.700. The summed E-state index contributed by atoms with van der Waals surface area (Å²) < 4.78 is 2.08. The van der Waals surface area contributed by atoms with Gasteiger partial charge in [0.15, 0.2) is 0 Å². The van der Waals surface area contributed by atoms with Crippen molar-refractivity contribution in [3.05, 3.63) is 18.2 Å². The van der Waals surface area contributed by atoms with Crippen LogP contribution in [-0.2, 0) is 13.5 Å². The van der Waals surface area contributed by atoms with Gasteiger partial charge in [0, 0.05) is 31.9 Å². The molecule has 0 amide bonds. The van der Waals surface area contributed by atoms with Crippen LogP contribution in [0.4, 0.5) is 0 Å². The molecular weight excluding hydrogens is 162 g/mol. The van der Waals surface area contributed by atoms with E-state index in [9.17, 15) is 0 Å². The van der Waals surface area contributed by atoms with Gasteiger partial charge in [-0.05, 0) is 25.3 Å². The first-order valence-electron chi connectivity index (χ1n) is 5.02. The Labute approximate surface area is 79.2 Å². The van der Waals surface area contributed by atoms with Gasteiger partial charge in [-0.25, -0.2) is 4.98 Å². The Morgan fingerprint density at radius 1 is 1.62 bits per heavy atom. The molecule has 3 nitrogen and oxygen atoms in total. The van der Waals surface area contributed by atoms with Gasteiger partial charge in [0.2, 0.25) is 0 Å². The van der Waals surface area contributed by atoms with E-state index in [0.29, 0.717) is 0 Å². The number of aryl methyl sites for hydroxylation is 1. The normalized spacial score (nSPS) is 16.4. The number of hydrogen-bond donors (Lipinski definition) is 1. The molecule has 0 aliphatic heterocycles. The summed E-state index contributed by atoms with van der Waals surface area (Å²) in [6, 6.07) is 0. The molecule has 0 saturated heterocycles. The third-order valence-corrected chi connectivity index (χ3v) is 2.60. The van der Waals surface area contributed by atoms with Crippen molar-refractivity contribution in [2.75, 3.05) is 13.1 Å². The average molecular weight is 179 g/mol. The van der Waals surface area contributed by atoms with E-state index in [1.54, 1.807) is 0 Å². The van der Waals surface area contributed by atoms with Crippen molar-refractivity contribution in [1.82, 2.24) is 14.9 Å². The van der Waals surface area contributed by atoms with Gasteiger partial charge in [0.25, 0.3) is 0 Å². The Balaban J connectivity index is 1.64. The molecular formula is C10H17N3. The summed E-state index contributed by atoms with van der Waals surface area (Å²) >= 11 is 0. The van der Waals surface area contributed by atoms with E-state index in [1.807, 2.05) is 19.6 Å². The smallest absolute Gasteiger partial charge is 0.0945 e. The van der Waals surface area contributed by atoms with Crippen LogP contribution in [-0.4, -0.2) is 22.6 Å². The lowest BCUT2D eigenvalue weighted by atomic mass is 10.3. The second kappa shape index (κ2) is 3.92. The number of nitrogens with one attached hydrogen (secondary N) is 1. The monoisotopic (exact) mass is 179 g/mol. The minimum Gasteiger partial charge on any atom is -0.338 e. The third-order valence-electron chi connectivity index (χ3n) is 2.60. The van der Waals surface area contributed by atoms with Crippen molar-refractivity contribution in [2.24, 2.45) is 13.0 Å². The Bertz CT molecular complexity index is 263. The summed E-state index contributed by atoms with van der Waals surface area (Å²) in [6.45, 7) is 2.29. The maximum atomic E-state index is 4.08. The molecule has 0 unspecified atom stereocenters. The lowest BCUT2D eigenvalue weighted by molar-refractivity contribution is 0.626. The summed E-state index contributed by atoms with van der Waals surface area (Å²) in [7, 11) is 2.04. The van der Waals surface area contributed by atoms with Crippen molar-refractivity contribution in [3.63, 3.8) is 0 Å². The SMILES string of the molecule is Cn1cncc1CCNCC1CC1. The van der Waals surface area contributed by atoms with Crippen LogP contribution in [0.2, 0.25) is 0 Å². The zero-order valence-corrected chi connectivity index (χ0v) is 8.16. The molecule has 0 radical (unpaired) electrons. The lowest BCUT2D eigenvalue weighted by Crippen LogP contribution is -2.20. The number of rotatable bonds is 5. The van der Waals surface area contributed by atoms with Crippen LogP contribution in [0, 0.1) is 5.92 Å². The highest BCUT2D eigenvalue weighted by atomic mass is 15.0. The summed E-state index contributed by atoms with van der Waals surface area (Å²) in [5.74, 6) is 0.978. The van der Waals surface area contributed by atoms with Gasteiger partial charge in [-0.2, -0.15) is 0 Å². The van der Waals surface area contributed by atoms with E-state index in [2.05, 4.69) is 14.9 Å². The van der Waals surface area contributed by atoms with Crippen molar-refractivity contribution in [2.45, 2.75) is 19.3 Å². The predicted octanol–water partition coefficient (Wildman–Crippen LogP) is 0.962. The minimum absolute atomic E-state index is 0.978. The highest BCUT2D eigenvalue weighted by Crippen LogP contribution is 2.27. The molecule has 0 aromatic carbocycles. The zero-order valence-electron chi connectivity index (χ0n) is 8.16. The van der Waals surface area contributed by atoms with Crippen molar-refractivity contribution >= 4 is 0 Å². The lowest BCUT2D eigenvalue weighted by Gasteiger charge is -2.03. The molecule has 72 valence electrons. The number of nitrogens with zero attached hydrogens (tertiary/aromatic N) is 2. The van der Waals surface area contributed by atoms with Crippen LogP contribution in [0.5, 0.6) is 0 Å². The van der Waals surface area contributed by atoms with E-state index in [0.717, 1.165) is 18.9 Å². The van der Waals surface area contributed by atoms with Crippen LogP contribution in [0.1, 0.15) is 18.5 Å². The molecule has 3 heteroatoms. The molecule has 13 heavy (non-hydrogen) atoms. The Kier molecular flexibility index (Phi) is 2.64. The minimum atomic E-state index is 0.978. The Morgan fingerprint density at radius 2 is 2.46 bits per heavy atom. The van der Waals surface area contributed by atoms with Gasteiger partial charge in [-0.15, -0.1) is 0 Å².